The third-order valence-corrected chi connectivity index (χ3v) is 2.13. The van der Waals surface area contributed by atoms with Gasteiger partial charge in [-0.1, -0.05) is 19.8 Å². The summed E-state index contributed by atoms with van der Waals surface area (Å²) in [5.74, 6) is -0.116. The van der Waals surface area contributed by atoms with Crippen LogP contribution in [0.4, 0.5) is 4.79 Å². The van der Waals surface area contributed by atoms with Crippen LogP contribution >= 0.6 is 11.6 Å². The van der Waals surface area contributed by atoms with Crippen molar-refractivity contribution in [3.05, 3.63) is 0 Å². The van der Waals surface area contributed by atoms with Gasteiger partial charge in [-0.05, 0) is 13.3 Å². The molecule has 0 aliphatic carbocycles. The molecule has 2 N–H and O–H groups in total. The summed E-state index contributed by atoms with van der Waals surface area (Å²) in [6.07, 6.45) is 3.25. The van der Waals surface area contributed by atoms with Crippen LogP contribution in [0.15, 0.2) is 0 Å². The van der Waals surface area contributed by atoms with Gasteiger partial charge < -0.3 is 5.32 Å². The Hall–Kier alpha value is -0.770. The SMILES string of the molecule is CCCCC(C)NC(=O)NC(=O)CCCl. The second kappa shape index (κ2) is 8.53. The maximum absolute atomic E-state index is 11.2. The van der Waals surface area contributed by atoms with Gasteiger partial charge in [0.25, 0.3) is 0 Å². The van der Waals surface area contributed by atoms with Gasteiger partial charge in [-0.2, -0.15) is 0 Å². The van der Waals surface area contributed by atoms with Gasteiger partial charge in [0.1, 0.15) is 0 Å². The Labute approximate surface area is 95.7 Å². The molecule has 0 aromatic rings. The van der Waals surface area contributed by atoms with E-state index >= 15 is 0 Å². The Kier molecular flexibility index (Phi) is 8.09. The van der Waals surface area contributed by atoms with Crippen LogP contribution in [-0.4, -0.2) is 23.9 Å². The Morgan fingerprint density at radius 2 is 2.07 bits per heavy atom. The summed E-state index contributed by atoms with van der Waals surface area (Å²) in [6, 6.07) is -0.345. The second-order valence-corrected chi connectivity index (χ2v) is 3.88. The molecule has 1 unspecified atom stereocenters. The molecule has 0 saturated carbocycles. The molecule has 88 valence electrons. The average molecular weight is 235 g/mol. The van der Waals surface area contributed by atoms with Crippen LogP contribution in [0.2, 0.25) is 0 Å². The first-order valence-electron chi connectivity index (χ1n) is 5.26. The van der Waals surface area contributed by atoms with Crippen LogP contribution in [0.1, 0.15) is 39.5 Å². The molecule has 0 fully saturated rings. The number of alkyl halides is 1. The highest BCUT2D eigenvalue weighted by Crippen LogP contribution is 1.98. The Balaban J connectivity index is 3.68. The van der Waals surface area contributed by atoms with E-state index in [4.69, 9.17) is 11.6 Å². The first-order valence-corrected chi connectivity index (χ1v) is 5.79. The minimum Gasteiger partial charge on any atom is -0.335 e. The van der Waals surface area contributed by atoms with Gasteiger partial charge >= 0.3 is 6.03 Å². The van der Waals surface area contributed by atoms with E-state index in [2.05, 4.69) is 17.6 Å². The van der Waals surface area contributed by atoms with Crippen molar-refractivity contribution in [2.45, 2.75) is 45.6 Å². The summed E-state index contributed by atoms with van der Waals surface area (Å²) >= 11 is 5.36. The molecule has 0 radical (unpaired) electrons. The molecule has 0 aromatic heterocycles. The number of carbonyl (C=O) groups is 2. The van der Waals surface area contributed by atoms with E-state index < -0.39 is 6.03 Å². The van der Waals surface area contributed by atoms with Crippen molar-refractivity contribution in [2.24, 2.45) is 0 Å². The maximum Gasteiger partial charge on any atom is 0.321 e. The fraction of sp³-hybridized carbons (Fsp3) is 0.800. The number of rotatable bonds is 6. The quantitative estimate of drug-likeness (QED) is 0.691. The first-order chi connectivity index (χ1) is 7.10. The van der Waals surface area contributed by atoms with Crippen molar-refractivity contribution < 1.29 is 9.59 Å². The van der Waals surface area contributed by atoms with Gasteiger partial charge in [-0.15, -0.1) is 11.6 Å². The van der Waals surface area contributed by atoms with E-state index in [-0.39, 0.29) is 24.2 Å². The van der Waals surface area contributed by atoms with E-state index in [1.165, 1.54) is 0 Å². The molecule has 3 amide bonds. The number of hydrogen-bond donors (Lipinski definition) is 2. The highest BCUT2D eigenvalue weighted by Gasteiger charge is 2.09. The second-order valence-electron chi connectivity index (χ2n) is 3.50. The lowest BCUT2D eigenvalue weighted by Gasteiger charge is -2.13. The molecule has 4 nitrogen and oxygen atoms in total. The maximum atomic E-state index is 11.2. The summed E-state index contributed by atoms with van der Waals surface area (Å²) in [5, 5.41) is 4.90. The molecular weight excluding hydrogens is 216 g/mol. The molecule has 15 heavy (non-hydrogen) atoms. The minimum atomic E-state index is -0.436. The Bertz CT molecular complexity index is 210. The van der Waals surface area contributed by atoms with Gasteiger partial charge in [-0.3, -0.25) is 10.1 Å². The van der Waals surface area contributed by atoms with Crippen molar-refractivity contribution in [1.82, 2.24) is 10.6 Å². The topological polar surface area (TPSA) is 58.2 Å². The number of halogens is 1. The number of nitrogens with one attached hydrogen (secondary N) is 2. The molecule has 0 aliphatic heterocycles. The summed E-state index contributed by atoms with van der Waals surface area (Å²) in [7, 11) is 0. The van der Waals surface area contributed by atoms with Crippen LogP contribution in [0, 0.1) is 0 Å². The highest BCUT2D eigenvalue weighted by molar-refractivity contribution is 6.19. The molecule has 0 spiro atoms. The van der Waals surface area contributed by atoms with Crippen molar-refractivity contribution in [1.29, 1.82) is 0 Å². The molecule has 5 heteroatoms. The van der Waals surface area contributed by atoms with Gasteiger partial charge in [0, 0.05) is 18.3 Å². The van der Waals surface area contributed by atoms with Crippen molar-refractivity contribution in [2.75, 3.05) is 5.88 Å². The van der Waals surface area contributed by atoms with E-state index in [1.54, 1.807) is 0 Å². The molecule has 0 bridgehead atoms. The Morgan fingerprint density at radius 3 is 2.60 bits per heavy atom. The molecule has 1 atom stereocenters. The van der Waals surface area contributed by atoms with E-state index in [0.29, 0.717) is 0 Å². The molecule has 0 saturated heterocycles. The predicted octanol–water partition coefficient (Wildman–Crippen LogP) is 2.02. The Morgan fingerprint density at radius 1 is 1.40 bits per heavy atom. The first kappa shape index (κ1) is 14.2. The largest absolute Gasteiger partial charge is 0.335 e. The van der Waals surface area contributed by atoms with Crippen LogP contribution in [0.25, 0.3) is 0 Å². The number of imide groups is 1. The van der Waals surface area contributed by atoms with Crippen LogP contribution in [-0.2, 0) is 4.79 Å². The van der Waals surface area contributed by atoms with Crippen LogP contribution < -0.4 is 10.6 Å². The monoisotopic (exact) mass is 234 g/mol. The van der Waals surface area contributed by atoms with E-state index in [1.807, 2.05) is 6.92 Å². The van der Waals surface area contributed by atoms with Crippen molar-refractivity contribution >= 4 is 23.5 Å². The summed E-state index contributed by atoms with van der Waals surface area (Å²) in [4.78, 5) is 22.2. The molecule has 0 aromatic carbocycles. The normalized spacial score (nSPS) is 11.9. The zero-order valence-electron chi connectivity index (χ0n) is 9.31. The fourth-order valence-electron chi connectivity index (χ4n) is 1.12. The minimum absolute atomic E-state index is 0.0914. The summed E-state index contributed by atoms with van der Waals surface area (Å²) in [6.45, 7) is 4.01. The van der Waals surface area contributed by atoms with E-state index in [9.17, 15) is 9.59 Å². The lowest BCUT2D eigenvalue weighted by molar-refractivity contribution is -0.119. The van der Waals surface area contributed by atoms with Gasteiger partial charge in [-0.25, -0.2) is 4.79 Å². The fourth-order valence-corrected chi connectivity index (χ4v) is 1.29. The molecule has 0 rings (SSSR count). The number of amides is 3. The standard InChI is InChI=1S/C10H19ClN2O2/c1-3-4-5-8(2)12-10(15)13-9(14)6-7-11/h8H,3-7H2,1-2H3,(H2,12,13,14,15). The molecule has 0 aliphatic rings. The smallest absolute Gasteiger partial charge is 0.321 e. The molecular formula is C10H19ClN2O2. The number of carbonyl (C=O) groups excluding carboxylic acids is 2. The number of unbranched alkanes of at least 4 members (excludes halogenated alkanes) is 1. The van der Waals surface area contributed by atoms with Crippen LogP contribution in [0.3, 0.4) is 0 Å². The third kappa shape index (κ3) is 8.24. The highest BCUT2D eigenvalue weighted by atomic mass is 35.5. The van der Waals surface area contributed by atoms with Gasteiger partial charge in [0.2, 0.25) is 5.91 Å². The third-order valence-electron chi connectivity index (χ3n) is 1.94. The zero-order chi connectivity index (χ0) is 11.7. The van der Waals surface area contributed by atoms with Crippen molar-refractivity contribution in [3.63, 3.8) is 0 Å². The average Bonchev–Trinajstić information content (AvgIpc) is 2.14. The van der Waals surface area contributed by atoms with E-state index in [0.717, 1.165) is 19.3 Å². The number of urea groups is 1. The predicted molar refractivity (Wildman–Crippen MR) is 61.0 cm³/mol. The van der Waals surface area contributed by atoms with Gasteiger partial charge in [0.15, 0.2) is 0 Å². The molecule has 0 heterocycles. The van der Waals surface area contributed by atoms with Gasteiger partial charge in [0.05, 0.1) is 0 Å². The van der Waals surface area contributed by atoms with Crippen molar-refractivity contribution in [3.8, 4) is 0 Å². The van der Waals surface area contributed by atoms with Crippen LogP contribution in [0.5, 0.6) is 0 Å². The zero-order valence-corrected chi connectivity index (χ0v) is 10.1. The summed E-state index contributed by atoms with van der Waals surface area (Å²) in [5.41, 5.74) is 0. The lowest BCUT2D eigenvalue weighted by Crippen LogP contribution is -2.43. The lowest BCUT2D eigenvalue weighted by atomic mass is 10.1. The number of hydrogen-bond acceptors (Lipinski definition) is 2. The summed E-state index contributed by atoms with van der Waals surface area (Å²) < 4.78 is 0.